The maximum atomic E-state index is 10.9. The first-order valence-electron chi connectivity index (χ1n) is 5.04. The van der Waals surface area contributed by atoms with E-state index in [1.165, 1.54) is 16.9 Å². The molecule has 2 aromatic rings. The van der Waals surface area contributed by atoms with Crippen molar-refractivity contribution in [1.82, 2.24) is 9.78 Å². The summed E-state index contributed by atoms with van der Waals surface area (Å²) in [4.78, 5) is 20.8. The van der Waals surface area contributed by atoms with Crippen LogP contribution in [-0.2, 0) is 6.54 Å². The number of carboxylic acid groups (broad SMARTS) is 1. The molecule has 0 saturated carbocycles. The molecule has 0 unspecified atom stereocenters. The third-order valence-electron chi connectivity index (χ3n) is 2.40. The van der Waals surface area contributed by atoms with Crippen LogP contribution in [0.2, 0.25) is 0 Å². The number of aromatic carboxylic acids is 1. The van der Waals surface area contributed by atoms with Crippen molar-refractivity contribution in [1.29, 1.82) is 0 Å². The van der Waals surface area contributed by atoms with Crippen LogP contribution in [0.5, 0.6) is 0 Å². The lowest BCUT2D eigenvalue weighted by Gasteiger charge is -2.09. The van der Waals surface area contributed by atoms with Crippen LogP contribution in [0.15, 0.2) is 36.7 Å². The molecule has 1 heterocycles. The highest BCUT2D eigenvalue weighted by atomic mass is 16.6. The topological polar surface area (TPSA) is 101 Å². The Morgan fingerprint density at radius 3 is 2.72 bits per heavy atom. The Morgan fingerprint density at radius 1 is 1.39 bits per heavy atom. The number of hydrogen-bond donors (Lipinski definition) is 0. The summed E-state index contributed by atoms with van der Waals surface area (Å²) >= 11 is 0. The summed E-state index contributed by atoms with van der Waals surface area (Å²) in [5, 5.41) is 25.2. The molecule has 1 aromatic carbocycles. The molecule has 0 saturated heterocycles. The van der Waals surface area contributed by atoms with E-state index in [2.05, 4.69) is 5.10 Å². The van der Waals surface area contributed by atoms with E-state index >= 15 is 0 Å². The predicted octanol–water partition coefficient (Wildman–Crippen LogP) is 0.203. The average Bonchev–Trinajstić information content (AvgIpc) is 2.78. The normalized spacial score (nSPS) is 10.2. The number of rotatable bonds is 4. The highest BCUT2D eigenvalue weighted by molar-refractivity contribution is 5.87. The van der Waals surface area contributed by atoms with Crippen LogP contribution in [0.25, 0.3) is 0 Å². The van der Waals surface area contributed by atoms with Gasteiger partial charge in [-0.1, -0.05) is 24.3 Å². The van der Waals surface area contributed by atoms with E-state index in [0.717, 1.165) is 6.20 Å². The van der Waals surface area contributed by atoms with Gasteiger partial charge in [-0.15, -0.1) is 0 Å². The maximum Gasteiger partial charge on any atom is 0.307 e. The molecular weight excluding hydrogens is 238 g/mol. The number of nitrogens with zero attached hydrogens (tertiary/aromatic N) is 3. The lowest BCUT2D eigenvalue weighted by atomic mass is 10.1. The molecule has 0 N–H and O–H groups in total. The zero-order valence-corrected chi connectivity index (χ0v) is 9.15. The molecule has 0 radical (unpaired) electrons. The monoisotopic (exact) mass is 246 g/mol. The van der Waals surface area contributed by atoms with Crippen molar-refractivity contribution in [3.8, 4) is 0 Å². The van der Waals surface area contributed by atoms with Crippen LogP contribution in [0.4, 0.5) is 5.69 Å². The predicted molar refractivity (Wildman–Crippen MR) is 58.8 cm³/mol. The van der Waals surface area contributed by atoms with Crippen molar-refractivity contribution in [2.75, 3.05) is 0 Å². The number of nitro groups is 1. The summed E-state index contributed by atoms with van der Waals surface area (Å²) in [6.45, 7) is 0.137. The van der Waals surface area contributed by atoms with E-state index in [1.807, 2.05) is 0 Å². The van der Waals surface area contributed by atoms with E-state index in [-0.39, 0.29) is 17.8 Å². The summed E-state index contributed by atoms with van der Waals surface area (Å²) in [7, 11) is 0. The molecule has 0 fully saturated rings. The first kappa shape index (κ1) is 11.8. The highest BCUT2D eigenvalue weighted by Gasteiger charge is 2.10. The minimum atomic E-state index is -1.28. The Balaban J connectivity index is 2.28. The molecule has 18 heavy (non-hydrogen) atoms. The zero-order valence-electron chi connectivity index (χ0n) is 9.15. The van der Waals surface area contributed by atoms with E-state index in [4.69, 9.17) is 0 Å². The Kier molecular flexibility index (Phi) is 3.05. The van der Waals surface area contributed by atoms with Gasteiger partial charge in [0.25, 0.3) is 0 Å². The fraction of sp³-hybridized carbons (Fsp3) is 0.0909. The molecular formula is C11H8N3O4-. The first-order chi connectivity index (χ1) is 8.58. The summed E-state index contributed by atoms with van der Waals surface area (Å²) in [5.74, 6) is -1.28. The Bertz CT molecular complexity index is 606. The summed E-state index contributed by atoms with van der Waals surface area (Å²) < 4.78 is 1.31. The maximum absolute atomic E-state index is 10.9. The fourth-order valence-corrected chi connectivity index (χ4v) is 1.57. The van der Waals surface area contributed by atoms with Gasteiger partial charge < -0.3 is 9.90 Å². The van der Waals surface area contributed by atoms with Gasteiger partial charge in [-0.25, -0.2) is 0 Å². The molecule has 0 atom stereocenters. The molecule has 1 aromatic heterocycles. The van der Waals surface area contributed by atoms with Gasteiger partial charge in [0, 0.05) is 5.56 Å². The van der Waals surface area contributed by atoms with E-state index in [0.29, 0.717) is 5.56 Å². The van der Waals surface area contributed by atoms with Gasteiger partial charge >= 0.3 is 5.69 Å². The van der Waals surface area contributed by atoms with Crippen LogP contribution < -0.4 is 5.11 Å². The van der Waals surface area contributed by atoms with E-state index in [9.17, 15) is 20.0 Å². The van der Waals surface area contributed by atoms with E-state index < -0.39 is 10.9 Å². The van der Waals surface area contributed by atoms with Gasteiger partial charge in [-0.3, -0.25) is 14.8 Å². The third kappa shape index (κ3) is 2.34. The molecule has 0 amide bonds. The highest BCUT2D eigenvalue weighted by Crippen LogP contribution is 2.12. The lowest BCUT2D eigenvalue weighted by Crippen LogP contribution is -2.24. The Labute approximate surface area is 101 Å². The average molecular weight is 246 g/mol. The molecule has 92 valence electrons. The van der Waals surface area contributed by atoms with Gasteiger partial charge in [0.15, 0.2) is 0 Å². The van der Waals surface area contributed by atoms with Crippen molar-refractivity contribution in [2.24, 2.45) is 0 Å². The molecule has 0 aliphatic rings. The summed E-state index contributed by atoms with van der Waals surface area (Å²) in [6.07, 6.45) is 2.35. The van der Waals surface area contributed by atoms with E-state index in [1.54, 1.807) is 18.2 Å². The second-order valence-corrected chi connectivity index (χ2v) is 3.60. The smallest absolute Gasteiger partial charge is 0.307 e. The van der Waals surface area contributed by atoms with Crippen LogP contribution >= 0.6 is 0 Å². The summed E-state index contributed by atoms with van der Waals surface area (Å²) in [6, 6.07) is 6.29. The molecule has 0 bridgehead atoms. The lowest BCUT2D eigenvalue weighted by molar-refractivity contribution is -0.385. The van der Waals surface area contributed by atoms with Gasteiger partial charge in [0.2, 0.25) is 0 Å². The van der Waals surface area contributed by atoms with Crippen molar-refractivity contribution in [3.05, 3.63) is 57.9 Å². The third-order valence-corrected chi connectivity index (χ3v) is 2.40. The van der Waals surface area contributed by atoms with Crippen LogP contribution in [0.3, 0.4) is 0 Å². The van der Waals surface area contributed by atoms with Gasteiger partial charge in [0.05, 0.1) is 17.4 Å². The van der Waals surface area contributed by atoms with Crippen LogP contribution in [-0.4, -0.2) is 20.7 Å². The standard InChI is InChI=1S/C11H9N3O4/c15-11(16)10-4-2-1-3-8(10)6-13-7-9(5-12-13)14(17)18/h1-5,7H,6H2,(H,15,16)/p-1. The van der Waals surface area contributed by atoms with Crippen LogP contribution in [0.1, 0.15) is 15.9 Å². The number of hydrogen-bond acceptors (Lipinski definition) is 5. The van der Waals surface area contributed by atoms with Crippen molar-refractivity contribution >= 4 is 11.7 Å². The van der Waals surface area contributed by atoms with Gasteiger partial charge in [-0.05, 0) is 5.56 Å². The minimum Gasteiger partial charge on any atom is -0.545 e. The molecule has 7 nitrogen and oxygen atoms in total. The largest absolute Gasteiger partial charge is 0.545 e. The Hall–Kier alpha value is -2.70. The molecule has 7 heteroatoms. The minimum absolute atomic E-state index is 0.0515. The second-order valence-electron chi connectivity index (χ2n) is 3.60. The number of benzene rings is 1. The van der Waals surface area contributed by atoms with Crippen molar-refractivity contribution < 1.29 is 14.8 Å². The zero-order chi connectivity index (χ0) is 13.1. The molecule has 0 aliphatic heterocycles. The van der Waals surface area contributed by atoms with Crippen LogP contribution in [0, 0.1) is 10.1 Å². The fourth-order valence-electron chi connectivity index (χ4n) is 1.57. The Morgan fingerprint density at radius 2 is 2.11 bits per heavy atom. The summed E-state index contributed by atoms with van der Waals surface area (Å²) in [5.41, 5.74) is 0.395. The SMILES string of the molecule is O=C([O-])c1ccccc1Cn1cc([N+](=O)[O-])cn1. The first-order valence-corrected chi connectivity index (χ1v) is 5.04. The number of carboxylic acids is 1. The molecule has 0 spiro atoms. The second kappa shape index (κ2) is 4.66. The molecule has 0 aliphatic carbocycles. The van der Waals surface area contributed by atoms with Crippen molar-refractivity contribution in [2.45, 2.75) is 6.54 Å². The quantitative estimate of drug-likeness (QED) is 0.566. The van der Waals surface area contributed by atoms with Crippen molar-refractivity contribution in [3.63, 3.8) is 0 Å². The number of aromatic nitrogens is 2. The number of carbonyl (C=O) groups excluding carboxylic acids is 1. The van der Waals surface area contributed by atoms with Gasteiger partial charge in [0.1, 0.15) is 12.4 Å². The molecule has 2 rings (SSSR count). The number of carbonyl (C=O) groups is 1. The van der Waals surface area contributed by atoms with Gasteiger partial charge in [-0.2, -0.15) is 5.10 Å².